The first kappa shape index (κ1) is 19.3. The minimum atomic E-state index is -0.434. The van der Waals surface area contributed by atoms with Gasteiger partial charge in [-0.2, -0.15) is 5.10 Å². The molecular weight excluding hydrogens is 380 g/mol. The minimum absolute atomic E-state index is 0.151. The van der Waals surface area contributed by atoms with Crippen LogP contribution in [-0.2, 0) is 11.8 Å². The van der Waals surface area contributed by atoms with Gasteiger partial charge < -0.3 is 15.4 Å². The number of benzene rings is 1. The predicted molar refractivity (Wildman–Crippen MR) is 106 cm³/mol. The number of carbonyl (C=O) groups excluding carboxylic acids is 3. The molecule has 0 saturated carbocycles. The third-order valence-corrected chi connectivity index (χ3v) is 4.62. The second-order valence-electron chi connectivity index (χ2n) is 5.72. The summed E-state index contributed by atoms with van der Waals surface area (Å²) in [5.41, 5.74) is 1.06. The van der Waals surface area contributed by atoms with Crippen molar-refractivity contribution in [3.63, 3.8) is 0 Å². The molecule has 2 aromatic heterocycles. The van der Waals surface area contributed by atoms with Gasteiger partial charge in [-0.05, 0) is 42.6 Å². The number of carbonyl (C=O) groups is 3. The molecule has 0 aliphatic heterocycles. The first-order valence-electron chi connectivity index (χ1n) is 8.45. The Bertz CT molecular complexity index is 994. The van der Waals surface area contributed by atoms with Crippen molar-refractivity contribution in [3.8, 4) is 0 Å². The van der Waals surface area contributed by atoms with Crippen LogP contribution in [0.4, 0.5) is 11.5 Å². The molecule has 0 aliphatic rings. The molecule has 28 heavy (non-hydrogen) atoms. The van der Waals surface area contributed by atoms with Crippen molar-refractivity contribution in [2.75, 3.05) is 17.2 Å². The smallest absolute Gasteiger partial charge is 0.338 e. The zero-order chi connectivity index (χ0) is 20.1. The summed E-state index contributed by atoms with van der Waals surface area (Å²) in [6, 6.07) is 11.3. The molecule has 2 N–H and O–H groups in total. The van der Waals surface area contributed by atoms with Crippen molar-refractivity contribution in [2.45, 2.75) is 6.92 Å². The maximum atomic E-state index is 12.4. The molecule has 0 atom stereocenters. The van der Waals surface area contributed by atoms with Crippen molar-refractivity contribution < 1.29 is 19.1 Å². The molecule has 0 unspecified atom stereocenters. The van der Waals surface area contributed by atoms with Gasteiger partial charge in [-0.3, -0.25) is 14.3 Å². The van der Waals surface area contributed by atoms with Crippen LogP contribution in [0.2, 0.25) is 0 Å². The number of hydrogen-bond donors (Lipinski definition) is 2. The summed E-state index contributed by atoms with van der Waals surface area (Å²) in [4.78, 5) is 36.8. The molecule has 2 amide bonds. The summed E-state index contributed by atoms with van der Waals surface area (Å²) in [6.45, 7) is 2.03. The number of hydrogen-bond acceptors (Lipinski definition) is 6. The fourth-order valence-corrected chi connectivity index (χ4v) is 3.00. The molecule has 2 heterocycles. The number of aryl methyl sites for hydroxylation is 1. The Balaban J connectivity index is 1.66. The third kappa shape index (κ3) is 4.44. The fourth-order valence-electron chi connectivity index (χ4n) is 2.38. The van der Waals surface area contributed by atoms with Crippen molar-refractivity contribution in [1.29, 1.82) is 0 Å². The summed E-state index contributed by atoms with van der Waals surface area (Å²) in [5.74, 6) is -0.715. The highest BCUT2D eigenvalue weighted by atomic mass is 32.1. The SMILES string of the molecule is CCOC(=O)c1ccc(NC(=O)c2cc(NC(=O)c3cccs3)n(C)n2)cc1. The van der Waals surface area contributed by atoms with Crippen LogP contribution < -0.4 is 10.6 Å². The number of amides is 2. The average molecular weight is 398 g/mol. The first-order valence-corrected chi connectivity index (χ1v) is 9.33. The maximum absolute atomic E-state index is 12.4. The Hall–Kier alpha value is -3.46. The topological polar surface area (TPSA) is 102 Å². The van der Waals surface area contributed by atoms with Crippen LogP contribution in [0.1, 0.15) is 37.4 Å². The van der Waals surface area contributed by atoms with Crippen molar-refractivity contribution in [2.24, 2.45) is 7.05 Å². The van der Waals surface area contributed by atoms with Gasteiger partial charge in [0.15, 0.2) is 5.69 Å². The number of esters is 1. The minimum Gasteiger partial charge on any atom is -0.462 e. The molecule has 144 valence electrons. The van der Waals surface area contributed by atoms with Gasteiger partial charge in [-0.15, -0.1) is 11.3 Å². The van der Waals surface area contributed by atoms with E-state index in [1.165, 1.54) is 22.1 Å². The van der Waals surface area contributed by atoms with E-state index in [0.717, 1.165) is 0 Å². The number of thiophene rings is 1. The van der Waals surface area contributed by atoms with E-state index in [2.05, 4.69) is 15.7 Å². The first-order chi connectivity index (χ1) is 13.5. The summed E-state index contributed by atoms with van der Waals surface area (Å²) < 4.78 is 6.34. The summed E-state index contributed by atoms with van der Waals surface area (Å²) in [7, 11) is 1.63. The summed E-state index contributed by atoms with van der Waals surface area (Å²) >= 11 is 1.32. The number of nitrogens with one attached hydrogen (secondary N) is 2. The van der Waals surface area contributed by atoms with Crippen LogP contribution in [0.15, 0.2) is 47.8 Å². The Kier molecular flexibility index (Phi) is 5.85. The van der Waals surface area contributed by atoms with E-state index >= 15 is 0 Å². The van der Waals surface area contributed by atoms with E-state index in [1.54, 1.807) is 50.4 Å². The van der Waals surface area contributed by atoms with E-state index in [9.17, 15) is 14.4 Å². The second kappa shape index (κ2) is 8.49. The van der Waals surface area contributed by atoms with Crippen LogP contribution >= 0.6 is 11.3 Å². The van der Waals surface area contributed by atoms with Crippen LogP contribution in [0, 0.1) is 0 Å². The van der Waals surface area contributed by atoms with Crippen molar-refractivity contribution >= 4 is 40.6 Å². The Morgan fingerprint density at radius 3 is 2.50 bits per heavy atom. The molecule has 0 radical (unpaired) electrons. The quantitative estimate of drug-likeness (QED) is 0.621. The van der Waals surface area contributed by atoms with Crippen molar-refractivity contribution in [1.82, 2.24) is 9.78 Å². The molecule has 0 spiro atoms. The van der Waals surface area contributed by atoms with E-state index < -0.39 is 11.9 Å². The lowest BCUT2D eigenvalue weighted by Gasteiger charge is -2.05. The van der Waals surface area contributed by atoms with E-state index in [1.807, 2.05) is 5.38 Å². The molecule has 0 aliphatic carbocycles. The molecule has 3 rings (SSSR count). The highest BCUT2D eigenvalue weighted by molar-refractivity contribution is 7.12. The number of aromatic nitrogens is 2. The van der Waals surface area contributed by atoms with Gasteiger partial charge >= 0.3 is 5.97 Å². The average Bonchev–Trinajstić information content (AvgIpc) is 3.33. The van der Waals surface area contributed by atoms with E-state index in [4.69, 9.17) is 4.74 Å². The largest absolute Gasteiger partial charge is 0.462 e. The van der Waals surface area contributed by atoms with Gasteiger partial charge in [0.2, 0.25) is 0 Å². The molecule has 3 aromatic rings. The lowest BCUT2D eigenvalue weighted by atomic mass is 10.2. The summed E-state index contributed by atoms with van der Waals surface area (Å²) in [6.07, 6.45) is 0. The molecule has 0 bridgehead atoms. The molecule has 9 heteroatoms. The monoisotopic (exact) mass is 398 g/mol. The van der Waals surface area contributed by atoms with Crippen LogP contribution in [-0.4, -0.2) is 34.2 Å². The highest BCUT2D eigenvalue weighted by Gasteiger charge is 2.16. The number of ether oxygens (including phenoxy) is 1. The van der Waals surface area contributed by atoms with E-state index in [-0.39, 0.29) is 11.6 Å². The lowest BCUT2D eigenvalue weighted by molar-refractivity contribution is 0.0526. The summed E-state index contributed by atoms with van der Waals surface area (Å²) in [5, 5.41) is 11.4. The molecular formula is C19H18N4O4S. The molecule has 1 aromatic carbocycles. The van der Waals surface area contributed by atoms with E-state index in [0.29, 0.717) is 28.6 Å². The zero-order valence-electron chi connectivity index (χ0n) is 15.3. The zero-order valence-corrected chi connectivity index (χ0v) is 16.1. The van der Waals surface area contributed by atoms with Crippen LogP contribution in [0.3, 0.4) is 0 Å². The Labute approximate surface area is 165 Å². The van der Waals surface area contributed by atoms with Gasteiger partial charge in [-0.25, -0.2) is 4.79 Å². The van der Waals surface area contributed by atoms with Crippen molar-refractivity contribution in [3.05, 3.63) is 64.0 Å². The maximum Gasteiger partial charge on any atom is 0.338 e. The second-order valence-corrected chi connectivity index (χ2v) is 6.67. The van der Waals surface area contributed by atoms with Gasteiger partial charge in [0.1, 0.15) is 5.82 Å². The third-order valence-electron chi connectivity index (χ3n) is 3.75. The standard InChI is InChI=1S/C19H18N4O4S/c1-3-27-19(26)12-6-8-13(9-7-12)20-17(24)14-11-16(23(2)22-14)21-18(25)15-5-4-10-28-15/h4-11H,3H2,1-2H3,(H,20,24)(H,21,25). The van der Waals surface area contributed by atoms with Gasteiger partial charge in [-0.1, -0.05) is 6.07 Å². The predicted octanol–water partition coefficient (Wildman–Crippen LogP) is 3.16. The van der Waals surface area contributed by atoms with Gasteiger partial charge in [0.25, 0.3) is 11.8 Å². The number of anilines is 2. The normalized spacial score (nSPS) is 10.4. The Morgan fingerprint density at radius 1 is 1.11 bits per heavy atom. The van der Waals surface area contributed by atoms with Crippen LogP contribution in [0.25, 0.3) is 0 Å². The lowest BCUT2D eigenvalue weighted by Crippen LogP contribution is -2.13. The Morgan fingerprint density at radius 2 is 1.86 bits per heavy atom. The number of nitrogens with zero attached hydrogens (tertiary/aromatic N) is 2. The highest BCUT2D eigenvalue weighted by Crippen LogP contribution is 2.16. The fraction of sp³-hybridized carbons (Fsp3) is 0.158. The number of rotatable bonds is 6. The van der Waals surface area contributed by atoms with Crippen LogP contribution in [0.5, 0.6) is 0 Å². The van der Waals surface area contributed by atoms with Gasteiger partial charge in [0, 0.05) is 18.8 Å². The molecule has 0 saturated heterocycles. The molecule has 8 nitrogen and oxygen atoms in total. The molecule has 0 fully saturated rings. The van der Waals surface area contributed by atoms with Gasteiger partial charge in [0.05, 0.1) is 17.0 Å².